The van der Waals surface area contributed by atoms with Gasteiger partial charge in [-0.1, -0.05) is 0 Å². The van der Waals surface area contributed by atoms with Crippen LogP contribution in [0.1, 0.15) is 10.4 Å². The molecule has 1 heterocycles. The number of esters is 1. The topological polar surface area (TPSA) is 89.0 Å². The minimum atomic E-state index is -0.629. The van der Waals surface area contributed by atoms with E-state index in [1.807, 2.05) is 24.3 Å². The molecule has 8 heteroatoms. The van der Waals surface area contributed by atoms with Gasteiger partial charge in [-0.25, -0.2) is 4.79 Å². The summed E-state index contributed by atoms with van der Waals surface area (Å²) in [5.41, 5.74) is 1.72. The fourth-order valence-corrected chi connectivity index (χ4v) is 2.64. The fraction of sp³-hybridized carbons (Fsp3) is 0.190. The van der Waals surface area contributed by atoms with Crippen LogP contribution in [0.2, 0.25) is 0 Å². The first-order valence-electron chi connectivity index (χ1n) is 8.60. The summed E-state index contributed by atoms with van der Waals surface area (Å²) in [5.74, 6) is 1.27. The zero-order chi connectivity index (χ0) is 20.8. The predicted molar refractivity (Wildman–Crippen MR) is 105 cm³/mol. The first-order chi connectivity index (χ1) is 14.1. The average molecular weight is 396 g/mol. The Morgan fingerprint density at radius 1 is 0.759 bits per heavy atom. The van der Waals surface area contributed by atoms with Gasteiger partial charge in [-0.3, -0.25) is 0 Å². The minimum Gasteiger partial charge on any atom is -0.497 e. The van der Waals surface area contributed by atoms with Gasteiger partial charge in [-0.05, 0) is 42.5 Å². The molecule has 0 unspecified atom stereocenters. The summed E-state index contributed by atoms with van der Waals surface area (Å²) in [7, 11) is 6.02. The van der Waals surface area contributed by atoms with Gasteiger partial charge in [0.15, 0.2) is 11.5 Å². The summed E-state index contributed by atoms with van der Waals surface area (Å²) >= 11 is 0. The molecule has 0 atom stereocenters. The monoisotopic (exact) mass is 396 g/mol. The number of hydrogen-bond donors (Lipinski definition) is 0. The van der Waals surface area contributed by atoms with E-state index in [-0.39, 0.29) is 11.4 Å². The van der Waals surface area contributed by atoms with Crippen molar-refractivity contribution >= 4 is 5.97 Å². The summed E-state index contributed by atoms with van der Waals surface area (Å²) in [6, 6.07) is 13.7. The highest BCUT2D eigenvalue weighted by molar-refractivity contribution is 5.92. The van der Waals surface area contributed by atoms with Crippen LogP contribution in [0, 0.1) is 0 Å². The Morgan fingerprint density at radius 2 is 1.41 bits per heavy atom. The lowest BCUT2D eigenvalue weighted by atomic mass is 10.1. The van der Waals surface area contributed by atoms with Gasteiger partial charge < -0.3 is 23.7 Å². The number of benzene rings is 2. The van der Waals surface area contributed by atoms with Crippen molar-refractivity contribution in [2.24, 2.45) is 0 Å². The molecule has 0 fully saturated rings. The number of methoxy groups -OCH3 is 4. The van der Waals surface area contributed by atoms with Gasteiger partial charge in [0.1, 0.15) is 5.75 Å². The van der Waals surface area contributed by atoms with Crippen LogP contribution in [0.15, 0.2) is 48.5 Å². The number of nitrogens with zero attached hydrogens (tertiary/aromatic N) is 2. The molecule has 0 radical (unpaired) electrons. The third-order valence-electron chi connectivity index (χ3n) is 4.12. The molecule has 0 spiro atoms. The van der Waals surface area contributed by atoms with Crippen LogP contribution in [0.3, 0.4) is 0 Å². The Balaban J connectivity index is 1.78. The Hall–Kier alpha value is -3.81. The maximum atomic E-state index is 12.5. The van der Waals surface area contributed by atoms with E-state index in [2.05, 4.69) is 10.2 Å². The number of rotatable bonds is 7. The Bertz CT molecular complexity index is 962. The smallest absolute Gasteiger partial charge is 0.345 e. The molecule has 1 aromatic heterocycles. The van der Waals surface area contributed by atoms with Crippen molar-refractivity contribution in [1.82, 2.24) is 10.2 Å². The lowest BCUT2D eigenvalue weighted by molar-refractivity contribution is 0.0725. The quantitative estimate of drug-likeness (QED) is 0.562. The zero-order valence-electron chi connectivity index (χ0n) is 16.5. The lowest BCUT2D eigenvalue weighted by Crippen LogP contribution is -2.11. The van der Waals surface area contributed by atoms with E-state index in [0.717, 1.165) is 11.3 Å². The normalized spacial score (nSPS) is 10.2. The molecule has 2 aromatic carbocycles. The Kier molecular flexibility index (Phi) is 6.13. The highest BCUT2D eigenvalue weighted by atomic mass is 16.5. The van der Waals surface area contributed by atoms with E-state index >= 15 is 0 Å². The van der Waals surface area contributed by atoms with Crippen molar-refractivity contribution in [3.63, 3.8) is 0 Å². The summed E-state index contributed by atoms with van der Waals surface area (Å²) in [5, 5.41) is 8.08. The van der Waals surface area contributed by atoms with E-state index in [4.69, 9.17) is 23.7 Å². The molecule has 3 aromatic rings. The second-order valence-electron chi connectivity index (χ2n) is 5.79. The van der Waals surface area contributed by atoms with Gasteiger partial charge in [-0.15, -0.1) is 10.2 Å². The Labute approximate surface area is 168 Å². The number of hydrogen-bond acceptors (Lipinski definition) is 8. The van der Waals surface area contributed by atoms with Gasteiger partial charge in [0.25, 0.3) is 0 Å². The minimum absolute atomic E-state index is 0.0704. The van der Waals surface area contributed by atoms with E-state index in [1.165, 1.54) is 33.5 Å². The van der Waals surface area contributed by atoms with Crippen LogP contribution in [0.5, 0.6) is 28.9 Å². The van der Waals surface area contributed by atoms with Crippen molar-refractivity contribution in [2.75, 3.05) is 28.4 Å². The third kappa shape index (κ3) is 4.37. The third-order valence-corrected chi connectivity index (χ3v) is 4.12. The van der Waals surface area contributed by atoms with Gasteiger partial charge in [0.2, 0.25) is 11.6 Å². The molecule has 0 saturated carbocycles. The van der Waals surface area contributed by atoms with E-state index in [0.29, 0.717) is 22.9 Å². The summed E-state index contributed by atoms with van der Waals surface area (Å²) in [4.78, 5) is 12.5. The predicted octanol–water partition coefficient (Wildman–Crippen LogP) is 3.40. The van der Waals surface area contributed by atoms with Crippen molar-refractivity contribution in [3.05, 3.63) is 54.1 Å². The van der Waals surface area contributed by atoms with Crippen LogP contribution in [0.4, 0.5) is 0 Å². The van der Waals surface area contributed by atoms with Crippen molar-refractivity contribution in [1.29, 1.82) is 0 Å². The number of aromatic nitrogens is 2. The first-order valence-corrected chi connectivity index (χ1v) is 8.60. The van der Waals surface area contributed by atoms with Crippen molar-refractivity contribution in [2.45, 2.75) is 0 Å². The standard InChI is InChI=1S/C21H20N2O6/c1-25-15-7-5-13(6-8-15)16-9-10-19(23-22-16)29-21(24)14-11-17(26-2)20(28-4)18(12-14)27-3/h5-12H,1-4H3. The molecule has 0 amide bonds. The van der Waals surface area contributed by atoms with E-state index < -0.39 is 5.97 Å². The van der Waals surface area contributed by atoms with Gasteiger partial charge in [-0.2, -0.15) is 0 Å². The van der Waals surface area contributed by atoms with Crippen molar-refractivity contribution < 1.29 is 28.5 Å². The van der Waals surface area contributed by atoms with Gasteiger partial charge in [0, 0.05) is 11.6 Å². The maximum Gasteiger partial charge on any atom is 0.345 e. The molecule has 0 saturated heterocycles. The molecular formula is C21H20N2O6. The molecule has 0 aliphatic rings. The second kappa shape index (κ2) is 8.92. The lowest BCUT2D eigenvalue weighted by Gasteiger charge is -2.13. The maximum absolute atomic E-state index is 12.5. The van der Waals surface area contributed by atoms with Crippen LogP contribution in [-0.4, -0.2) is 44.6 Å². The molecule has 0 N–H and O–H groups in total. The summed E-state index contributed by atoms with van der Waals surface area (Å²) in [6.07, 6.45) is 0. The number of carbonyl (C=O) groups excluding carboxylic acids is 1. The summed E-state index contributed by atoms with van der Waals surface area (Å²) in [6.45, 7) is 0. The van der Waals surface area contributed by atoms with Crippen LogP contribution in [-0.2, 0) is 0 Å². The van der Waals surface area contributed by atoms with Crippen LogP contribution in [0.25, 0.3) is 11.3 Å². The first kappa shape index (κ1) is 19.9. The van der Waals surface area contributed by atoms with E-state index in [9.17, 15) is 4.79 Å². The summed E-state index contributed by atoms with van der Waals surface area (Å²) < 4.78 is 26.2. The second-order valence-corrected chi connectivity index (χ2v) is 5.79. The Morgan fingerprint density at radius 3 is 1.90 bits per heavy atom. The van der Waals surface area contributed by atoms with Gasteiger partial charge in [0.05, 0.1) is 39.7 Å². The fourth-order valence-electron chi connectivity index (χ4n) is 2.64. The molecular weight excluding hydrogens is 376 g/mol. The van der Waals surface area contributed by atoms with Crippen LogP contribution < -0.4 is 23.7 Å². The number of ether oxygens (including phenoxy) is 5. The molecule has 0 aliphatic heterocycles. The molecule has 0 bridgehead atoms. The van der Waals surface area contributed by atoms with Crippen molar-refractivity contribution in [3.8, 4) is 40.1 Å². The number of carbonyl (C=O) groups is 1. The SMILES string of the molecule is COc1ccc(-c2ccc(OC(=O)c3cc(OC)c(OC)c(OC)c3)nn2)cc1. The molecule has 150 valence electrons. The molecule has 29 heavy (non-hydrogen) atoms. The molecule has 3 rings (SSSR count). The van der Waals surface area contributed by atoms with Gasteiger partial charge >= 0.3 is 5.97 Å². The van der Waals surface area contributed by atoms with Crippen LogP contribution >= 0.6 is 0 Å². The molecule has 0 aliphatic carbocycles. The van der Waals surface area contributed by atoms with E-state index in [1.54, 1.807) is 19.2 Å². The highest BCUT2D eigenvalue weighted by Crippen LogP contribution is 2.38. The highest BCUT2D eigenvalue weighted by Gasteiger charge is 2.19. The zero-order valence-corrected chi connectivity index (χ0v) is 16.5. The largest absolute Gasteiger partial charge is 0.497 e. The average Bonchev–Trinajstić information content (AvgIpc) is 2.78. The molecule has 8 nitrogen and oxygen atoms in total.